The predicted molar refractivity (Wildman–Crippen MR) is 242 cm³/mol. The van der Waals surface area contributed by atoms with Gasteiger partial charge in [-0.2, -0.15) is 26.3 Å². The van der Waals surface area contributed by atoms with Crippen LogP contribution in [0.15, 0.2) is 60.9 Å². The number of nitrogens with zero attached hydrogens (tertiary/aromatic N) is 4. The summed E-state index contributed by atoms with van der Waals surface area (Å²) < 4.78 is 74.7. The minimum Gasteiger partial charge on any atom is -0.480 e. The third kappa shape index (κ3) is 18.4. The van der Waals surface area contributed by atoms with Crippen LogP contribution in [0.25, 0.3) is 4.85 Å². The monoisotopic (exact) mass is 991 g/mol. The fraction of sp³-hybridized carbons (Fsp3) is 0.489. The third-order valence-electron chi connectivity index (χ3n) is 9.65. The Morgan fingerprint density at radius 2 is 1.25 bits per heavy atom. The molecule has 0 radical (unpaired) electrons. The molecule has 2 aliphatic rings. The van der Waals surface area contributed by atoms with E-state index in [9.17, 15) is 45.5 Å². The van der Waals surface area contributed by atoms with Crippen molar-refractivity contribution in [1.29, 1.82) is 0 Å². The Balaban J connectivity index is 0.000000355. The largest absolute Gasteiger partial charge is 0.480 e. The first-order chi connectivity index (χ1) is 30.3. The van der Waals surface area contributed by atoms with Crippen LogP contribution in [0.2, 0.25) is 0 Å². The fourth-order valence-corrected chi connectivity index (χ4v) is 8.13. The number of carboxylic acids is 1. The number of rotatable bonds is 11. The molecule has 20 heteroatoms. The Hall–Kier alpha value is -4.41. The number of hydrogen-bond donors (Lipinski definition) is 2. The average molecular weight is 993 g/mol. The number of thiazole rings is 2. The van der Waals surface area contributed by atoms with Crippen LogP contribution in [0.5, 0.6) is 0 Å². The van der Waals surface area contributed by atoms with Gasteiger partial charge in [0.25, 0.3) is 0 Å². The first-order valence-electron chi connectivity index (χ1n) is 20.2. The number of carboxylic acid groups (broad SMARTS) is 1. The minimum absolute atomic E-state index is 0.0249. The zero-order chi connectivity index (χ0) is 49.3. The van der Waals surface area contributed by atoms with Crippen LogP contribution in [0.1, 0.15) is 114 Å². The van der Waals surface area contributed by atoms with Crippen molar-refractivity contribution in [3.8, 4) is 0 Å². The lowest BCUT2D eigenvalue weighted by atomic mass is 9.63. The van der Waals surface area contributed by atoms with Gasteiger partial charge in [0.2, 0.25) is 11.9 Å². The minimum atomic E-state index is -4.44. The van der Waals surface area contributed by atoms with Crippen molar-refractivity contribution in [3.05, 3.63) is 114 Å². The zero-order valence-electron chi connectivity index (χ0n) is 36.7. The van der Waals surface area contributed by atoms with E-state index in [1.165, 1.54) is 34.0 Å². The normalized spacial score (nSPS) is 16.7. The van der Waals surface area contributed by atoms with Crippen LogP contribution in [0.3, 0.4) is 0 Å². The van der Waals surface area contributed by atoms with Crippen molar-refractivity contribution in [3.63, 3.8) is 0 Å². The van der Waals surface area contributed by atoms with Gasteiger partial charge < -0.3 is 20.6 Å². The van der Waals surface area contributed by atoms with Gasteiger partial charge in [-0.1, -0.05) is 38.1 Å². The second-order valence-corrected chi connectivity index (χ2v) is 18.9. The van der Waals surface area contributed by atoms with E-state index >= 15 is 0 Å². The number of carbonyl (C=O) groups is 4. The van der Waals surface area contributed by atoms with E-state index in [2.05, 4.69) is 14.8 Å². The summed E-state index contributed by atoms with van der Waals surface area (Å²) in [7, 11) is 0. The maximum atomic E-state index is 13.4. The molecule has 3 N–H and O–H groups in total. The molecule has 1 amide bonds. The highest BCUT2D eigenvalue weighted by Crippen LogP contribution is 2.51. The van der Waals surface area contributed by atoms with E-state index in [0.717, 1.165) is 39.2 Å². The molecule has 10 nitrogen and oxygen atoms in total. The van der Waals surface area contributed by atoms with E-state index in [-0.39, 0.29) is 48.5 Å². The number of aromatic nitrogens is 2. The lowest BCUT2D eigenvalue weighted by Gasteiger charge is -2.52. The van der Waals surface area contributed by atoms with Gasteiger partial charge in [0.1, 0.15) is 23.1 Å². The van der Waals surface area contributed by atoms with Crippen LogP contribution in [0, 0.1) is 26.3 Å². The second-order valence-electron chi connectivity index (χ2n) is 15.9. The number of ketones is 2. The molecule has 2 aromatic carbocycles. The standard InChI is InChI=1S/C23H26ClF3N2O2S.C8H8F3N.C8H9NOS.C4H7N.C2H3ClO2/c1-14(2)8-19(30)22(9-17(10-22)21-28-12-15(3)32-21)29(20(31)11-24)13-16-4-6-18(7-5-16)23(25,26)27;9-8(10,11)7-3-1-6(5-12)2-4-7;1-5-4-9-8(11-5)6-2-7(10)3-6;1-4(2)5-3;3-1-2(4)5/h4-7,12,14,17H,8-11,13H2,1-3H3;1-4H,5,12H2;4,6H,2-3H2,1H3;4H,1-2H3;1H2,(H,4,5). The van der Waals surface area contributed by atoms with E-state index in [0.29, 0.717) is 54.9 Å². The van der Waals surface area contributed by atoms with Gasteiger partial charge in [-0.25, -0.2) is 16.5 Å². The smallest absolute Gasteiger partial charge is 0.416 e. The van der Waals surface area contributed by atoms with Gasteiger partial charge in [0, 0.05) is 80.2 Å². The van der Waals surface area contributed by atoms with Gasteiger partial charge in [-0.15, -0.1) is 45.9 Å². The van der Waals surface area contributed by atoms with Gasteiger partial charge in [-0.3, -0.25) is 19.2 Å². The molecule has 2 aliphatic carbocycles. The summed E-state index contributed by atoms with van der Waals surface area (Å²) in [4.78, 5) is 61.7. The highest BCUT2D eigenvalue weighted by Gasteiger charge is 2.56. The number of halogens is 8. The molecule has 356 valence electrons. The molecule has 0 atom stereocenters. The molecular weight excluding hydrogens is 940 g/mol. The van der Waals surface area contributed by atoms with E-state index in [1.54, 1.807) is 28.9 Å². The molecular formula is C45H53Cl2F6N5O5S2. The van der Waals surface area contributed by atoms with E-state index in [4.69, 9.17) is 40.6 Å². The molecule has 2 saturated carbocycles. The quantitative estimate of drug-likeness (QED) is 0.0857. The van der Waals surface area contributed by atoms with Crippen molar-refractivity contribution in [2.75, 3.05) is 11.8 Å². The molecule has 2 fully saturated rings. The third-order valence-corrected chi connectivity index (χ3v) is 12.3. The van der Waals surface area contributed by atoms with Crippen LogP contribution in [0.4, 0.5) is 26.3 Å². The number of Topliss-reactive ketones (excluding diaryl/α,β-unsaturated/α-hetero) is 2. The number of aryl methyl sites for hydroxylation is 2. The van der Waals surface area contributed by atoms with Gasteiger partial charge in [-0.05, 0) is 68.0 Å². The van der Waals surface area contributed by atoms with Crippen molar-refractivity contribution < 1.29 is 50.6 Å². The van der Waals surface area contributed by atoms with E-state index < -0.39 is 40.9 Å². The molecule has 0 spiro atoms. The summed E-state index contributed by atoms with van der Waals surface area (Å²) in [6, 6.07) is 9.66. The summed E-state index contributed by atoms with van der Waals surface area (Å²) in [5.41, 5.74) is 4.02. The predicted octanol–water partition coefficient (Wildman–Crippen LogP) is 11.7. The number of amides is 1. The Bertz CT molecular complexity index is 2180. The van der Waals surface area contributed by atoms with Crippen LogP contribution in [-0.4, -0.2) is 66.8 Å². The Kier molecular flexibility index (Phi) is 22.7. The lowest BCUT2D eigenvalue weighted by molar-refractivity contribution is -0.154. The summed E-state index contributed by atoms with van der Waals surface area (Å²) >= 11 is 13.9. The maximum absolute atomic E-state index is 13.4. The molecule has 6 rings (SSSR count). The van der Waals surface area contributed by atoms with Gasteiger partial charge in [0.15, 0.2) is 5.78 Å². The molecule has 0 saturated heterocycles. The number of carbonyl (C=O) groups excluding carboxylic acids is 3. The maximum Gasteiger partial charge on any atom is 0.416 e. The van der Waals surface area contributed by atoms with Gasteiger partial charge in [0.05, 0.1) is 21.1 Å². The molecule has 0 aliphatic heterocycles. The summed E-state index contributed by atoms with van der Waals surface area (Å²) in [5, 5.41) is 9.66. The molecule has 4 aromatic rings. The van der Waals surface area contributed by atoms with Crippen molar-refractivity contribution in [2.45, 2.75) is 123 Å². The summed E-state index contributed by atoms with van der Waals surface area (Å²) in [6.07, 6.45) is -2.41. The number of hydrogen-bond acceptors (Lipinski definition) is 9. The lowest BCUT2D eigenvalue weighted by Crippen LogP contribution is -2.63. The first kappa shape index (κ1) is 56.7. The molecule has 0 unspecified atom stereocenters. The summed E-state index contributed by atoms with van der Waals surface area (Å²) in [6.45, 7) is 18.2. The van der Waals surface area contributed by atoms with Crippen molar-refractivity contribution >= 4 is 69.3 Å². The topological polar surface area (TPSA) is 148 Å². The van der Waals surface area contributed by atoms with Crippen LogP contribution < -0.4 is 5.73 Å². The van der Waals surface area contributed by atoms with Crippen molar-refractivity contribution in [1.82, 2.24) is 14.9 Å². The highest BCUT2D eigenvalue weighted by atomic mass is 35.5. The average Bonchev–Trinajstić information content (AvgIpc) is 3.86. The molecule has 2 aromatic heterocycles. The molecule has 0 bridgehead atoms. The summed E-state index contributed by atoms with van der Waals surface area (Å²) in [5.74, 6) is -1.04. The Morgan fingerprint density at radius 3 is 1.55 bits per heavy atom. The first-order valence-corrected chi connectivity index (χ1v) is 22.9. The second kappa shape index (κ2) is 26.1. The Labute approximate surface area is 393 Å². The fourth-order valence-electron chi connectivity index (χ4n) is 6.24. The molecule has 65 heavy (non-hydrogen) atoms. The van der Waals surface area contributed by atoms with Gasteiger partial charge >= 0.3 is 18.3 Å². The number of nitrogens with two attached hydrogens (primary N) is 1. The SMILES string of the molecule is Cc1cnc(C2CC(=O)C2)s1.Cc1cnc(C2CC(C(=O)CC(C)C)(N(Cc3ccc(C(F)(F)F)cc3)C(=O)CCl)C2)s1.NCc1ccc(C(F)(F)F)cc1.O=C(O)CCl.[C-]#[N+]C(C)C. The van der Waals surface area contributed by atoms with Crippen LogP contribution in [-0.2, 0) is 44.6 Å². The van der Waals surface area contributed by atoms with Crippen molar-refractivity contribution in [2.24, 2.45) is 11.7 Å². The molecule has 2 heterocycles. The Morgan fingerprint density at radius 1 is 0.831 bits per heavy atom. The number of alkyl halides is 8. The van der Waals surface area contributed by atoms with E-state index in [1.807, 2.05) is 47.7 Å². The highest BCUT2D eigenvalue weighted by molar-refractivity contribution is 7.11. The number of benzene rings is 2. The number of aliphatic carboxylic acids is 1. The van der Waals surface area contributed by atoms with Crippen LogP contribution >= 0.6 is 45.9 Å². The zero-order valence-corrected chi connectivity index (χ0v) is 39.9.